The van der Waals surface area contributed by atoms with Crippen LogP contribution in [0.2, 0.25) is 0 Å². The van der Waals surface area contributed by atoms with Gasteiger partial charge in [0.25, 0.3) is 5.91 Å². The predicted octanol–water partition coefficient (Wildman–Crippen LogP) is 2.92. The number of hydrogen-bond donors (Lipinski definition) is 1. The lowest BCUT2D eigenvalue weighted by atomic mass is 10.1. The fourth-order valence-corrected chi connectivity index (χ4v) is 2.40. The number of aromatic nitrogens is 1. The molecule has 0 spiro atoms. The van der Waals surface area contributed by atoms with Crippen molar-refractivity contribution in [3.8, 4) is 11.3 Å². The Hall–Kier alpha value is -3.68. The fraction of sp³-hybridized carbons (Fsp3) is 0.158. The van der Waals surface area contributed by atoms with Gasteiger partial charge in [-0.15, -0.1) is 0 Å². The minimum absolute atomic E-state index is 0.126. The molecule has 0 aliphatic rings. The lowest BCUT2D eigenvalue weighted by molar-refractivity contribution is -0.123. The molecular formula is C19H16N2O6. The molecule has 0 fully saturated rings. The van der Waals surface area contributed by atoms with Crippen LogP contribution < -0.4 is 5.32 Å². The quantitative estimate of drug-likeness (QED) is 0.690. The third-order valence-electron chi connectivity index (χ3n) is 3.60. The summed E-state index contributed by atoms with van der Waals surface area (Å²) in [6, 6.07) is 14.1. The maximum absolute atomic E-state index is 12.2. The third kappa shape index (κ3) is 4.30. The Kier molecular flexibility index (Phi) is 5.46. The summed E-state index contributed by atoms with van der Waals surface area (Å²) < 4.78 is 14.9. The minimum Gasteiger partial charge on any atom is -0.452 e. The second-order valence-electron chi connectivity index (χ2n) is 5.45. The Balaban J connectivity index is 1.72. The van der Waals surface area contributed by atoms with Gasteiger partial charge in [0.1, 0.15) is 5.52 Å². The Morgan fingerprint density at radius 2 is 1.85 bits per heavy atom. The van der Waals surface area contributed by atoms with E-state index in [1.807, 2.05) is 35.6 Å². The molecule has 0 saturated carbocycles. The van der Waals surface area contributed by atoms with E-state index in [1.165, 1.54) is 6.07 Å². The number of alkyl carbamates (subject to hydrolysis) is 1. The van der Waals surface area contributed by atoms with Crippen LogP contribution in [-0.2, 0) is 14.3 Å². The van der Waals surface area contributed by atoms with Gasteiger partial charge in [-0.2, -0.15) is 0 Å². The molecule has 0 atom stereocenters. The van der Waals surface area contributed by atoms with Crippen molar-refractivity contribution >= 4 is 28.9 Å². The SMILES string of the molecule is CCOC(=O)NC(=O)COC(=O)c1ccc2noc(-c3ccccc3)c2c1. The van der Waals surface area contributed by atoms with Crippen molar-refractivity contribution in [2.45, 2.75) is 6.92 Å². The van der Waals surface area contributed by atoms with Crippen LogP contribution in [0.5, 0.6) is 0 Å². The highest BCUT2D eigenvalue weighted by Gasteiger charge is 2.16. The standard InChI is InChI=1S/C19H16N2O6/c1-2-25-19(24)20-16(22)11-26-18(23)13-8-9-15-14(10-13)17(27-21-15)12-6-4-3-5-7-12/h3-10H,2,11H2,1H3,(H,20,22,24). The van der Waals surface area contributed by atoms with E-state index in [-0.39, 0.29) is 12.2 Å². The molecule has 0 aliphatic heterocycles. The van der Waals surface area contributed by atoms with Crippen LogP contribution in [0.25, 0.3) is 22.2 Å². The number of nitrogens with zero attached hydrogens (tertiary/aromatic N) is 1. The Labute approximate surface area is 154 Å². The first-order chi connectivity index (χ1) is 13.1. The van der Waals surface area contributed by atoms with Crippen molar-refractivity contribution in [2.75, 3.05) is 13.2 Å². The maximum atomic E-state index is 12.2. The van der Waals surface area contributed by atoms with Crippen molar-refractivity contribution in [2.24, 2.45) is 0 Å². The van der Waals surface area contributed by atoms with Gasteiger partial charge in [0.15, 0.2) is 12.4 Å². The van der Waals surface area contributed by atoms with E-state index >= 15 is 0 Å². The number of carbonyl (C=O) groups excluding carboxylic acids is 3. The van der Waals surface area contributed by atoms with Gasteiger partial charge in [-0.05, 0) is 25.1 Å². The molecule has 0 aliphatic carbocycles. The van der Waals surface area contributed by atoms with E-state index in [4.69, 9.17) is 9.26 Å². The van der Waals surface area contributed by atoms with Crippen LogP contribution in [0, 0.1) is 0 Å². The van der Waals surface area contributed by atoms with Crippen LogP contribution in [0.1, 0.15) is 17.3 Å². The van der Waals surface area contributed by atoms with Crippen LogP contribution >= 0.6 is 0 Å². The molecule has 3 rings (SSSR count). The summed E-state index contributed by atoms with van der Waals surface area (Å²) in [6.07, 6.45) is -0.892. The molecule has 27 heavy (non-hydrogen) atoms. The number of amides is 2. The molecular weight excluding hydrogens is 352 g/mol. The lowest BCUT2D eigenvalue weighted by Gasteiger charge is -2.06. The van der Waals surface area contributed by atoms with Crippen molar-refractivity contribution in [1.29, 1.82) is 0 Å². The van der Waals surface area contributed by atoms with Crippen molar-refractivity contribution in [1.82, 2.24) is 10.5 Å². The molecule has 2 amide bonds. The summed E-state index contributed by atoms with van der Waals surface area (Å²) in [5, 5.41) is 6.56. The first-order valence-electron chi connectivity index (χ1n) is 8.17. The molecule has 8 nitrogen and oxygen atoms in total. The summed E-state index contributed by atoms with van der Waals surface area (Å²) in [4.78, 5) is 34.9. The normalized spacial score (nSPS) is 10.4. The Morgan fingerprint density at radius 3 is 2.59 bits per heavy atom. The van der Waals surface area contributed by atoms with Crippen molar-refractivity contribution in [3.05, 3.63) is 54.1 Å². The van der Waals surface area contributed by atoms with Gasteiger partial charge < -0.3 is 14.0 Å². The van der Waals surface area contributed by atoms with Gasteiger partial charge in [-0.25, -0.2) is 9.59 Å². The van der Waals surface area contributed by atoms with Gasteiger partial charge in [0.2, 0.25) is 0 Å². The second kappa shape index (κ2) is 8.13. The van der Waals surface area contributed by atoms with Crippen molar-refractivity contribution in [3.63, 3.8) is 0 Å². The molecule has 1 aromatic heterocycles. The first-order valence-corrected chi connectivity index (χ1v) is 8.17. The zero-order chi connectivity index (χ0) is 19.2. The highest BCUT2D eigenvalue weighted by Crippen LogP contribution is 2.29. The van der Waals surface area contributed by atoms with Crippen LogP contribution in [0.3, 0.4) is 0 Å². The largest absolute Gasteiger partial charge is 0.452 e. The Morgan fingerprint density at radius 1 is 1.07 bits per heavy atom. The molecule has 0 saturated heterocycles. The first kappa shape index (κ1) is 18.1. The summed E-state index contributed by atoms with van der Waals surface area (Å²) in [7, 11) is 0. The molecule has 0 radical (unpaired) electrons. The second-order valence-corrected chi connectivity index (χ2v) is 5.45. The molecule has 3 aromatic rings. The van der Waals surface area contributed by atoms with Gasteiger partial charge in [0.05, 0.1) is 17.6 Å². The number of esters is 1. The van der Waals surface area contributed by atoms with E-state index in [1.54, 1.807) is 19.1 Å². The molecule has 0 bridgehead atoms. The molecule has 0 unspecified atom stereocenters. The monoisotopic (exact) mass is 368 g/mol. The van der Waals surface area contributed by atoms with E-state index in [2.05, 4.69) is 9.89 Å². The van der Waals surface area contributed by atoms with Gasteiger partial charge in [-0.3, -0.25) is 10.1 Å². The molecule has 1 N–H and O–H groups in total. The van der Waals surface area contributed by atoms with Crippen LogP contribution in [-0.4, -0.2) is 36.3 Å². The minimum atomic E-state index is -0.892. The van der Waals surface area contributed by atoms with Crippen molar-refractivity contribution < 1.29 is 28.4 Å². The van der Waals surface area contributed by atoms with Gasteiger partial charge >= 0.3 is 12.1 Å². The molecule has 2 aromatic carbocycles. The number of benzene rings is 2. The van der Waals surface area contributed by atoms with Gasteiger partial charge in [-0.1, -0.05) is 35.5 Å². The highest BCUT2D eigenvalue weighted by molar-refractivity contribution is 6.00. The average molecular weight is 368 g/mol. The summed E-state index contributed by atoms with van der Waals surface area (Å²) in [5.41, 5.74) is 1.64. The number of hydrogen-bond acceptors (Lipinski definition) is 7. The number of carbonyl (C=O) groups is 3. The predicted molar refractivity (Wildman–Crippen MR) is 94.9 cm³/mol. The molecule has 138 valence electrons. The molecule has 1 heterocycles. The van der Waals surface area contributed by atoms with E-state index in [9.17, 15) is 14.4 Å². The number of ether oxygens (including phenoxy) is 2. The fourth-order valence-electron chi connectivity index (χ4n) is 2.40. The zero-order valence-electron chi connectivity index (χ0n) is 14.4. The molecule has 8 heteroatoms. The average Bonchev–Trinajstić information content (AvgIpc) is 3.10. The lowest BCUT2D eigenvalue weighted by Crippen LogP contribution is -2.34. The summed E-state index contributed by atoms with van der Waals surface area (Å²) in [5.74, 6) is -0.964. The topological polar surface area (TPSA) is 108 Å². The number of fused-ring (bicyclic) bond motifs is 1. The van der Waals surface area contributed by atoms with E-state index < -0.39 is 24.6 Å². The highest BCUT2D eigenvalue weighted by atomic mass is 16.6. The maximum Gasteiger partial charge on any atom is 0.413 e. The van der Waals surface area contributed by atoms with E-state index in [0.29, 0.717) is 16.7 Å². The Bertz CT molecular complexity index is 980. The van der Waals surface area contributed by atoms with E-state index in [0.717, 1.165) is 5.56 Å². The number of imide groups is 1. The zero-order valence-corrected chi connectivity index (χ0v) is 14.4. The summed E-state index contributed by atoms with van der Waals surface area (Å²) in [6.45, 7) is 1.13. The van der Waals surface area contributed by atoms with Crippen LogP contribution in [0.4, 0.5) is 4.79 Å². The van der Waals surface area contributed by atoms with Gasteiger partial charge in [0, 0.05) is 5.56 Å². The smallest absolute Gasteiger partial charge is 0.413 e. The number of nitrogens with one attached hydrogen (secondary N) is 1. The third-order valence-corrected chi connectivity index (χ3v) is 3.60. The van der Waals surface area contributed by atoms with Crippen LogP contribution in [0.15, 0.2) is 53.1 Å². The summed E-state index contributed by atoms with van der Waals surface area (Å²) >= 11 is 0. The number of rotatable bonds is 5.